The topological polar surface area (TPSA) is 80.3 Å². The third-order valence-electron chi connectivity index (χ3n) is 3.67. The molecule has 6 nitrogen and oxygen atoms in total. The van der Waals surface area contributed by atoms with Crippen LogP contribution >= 0.6 is 15.9 Å². The van der Waals surface area contributed by atoms with E-state index >= 15 is 0 Å². The molecule has 0 atom stereocenters. The number of nitrogens with zero attached hydrogens (tertiary/aromatic N) is 1. The van der Waals surface area contributed by atoms with Crippen LogP contribution in [0.15, 0.2) is 35.1 Å². The van der Waals surface area contributed by atoms with Gasteiger partial charge in [-0.05, 0) is 59.5 Å². The average Bonchev–Trinajstić information content (AvgIpc) is 2.55. The number of nitrogens with one attached hydrogen (secondary N) is 2. The normalized spacial score (nSPS) is 10.2. The van der Waals surface area contributed by atoms with Crippen LogP contribution in [0.25, 0.3) is 0 Å². The average molecular weight is 406 g/mol. The molecule has 1 heterocycles. The third kappa shape index (κ3) is 5.56. The van der Waals surface area contributed by atoms with Crippen LogP contribution in [0.5, 0.6) is 0 Å². The zero-order valence-electron chi connectivity index (χ0n) is 14.4. The first-order valence-corrected chi connectivity index (χ1v) is 8.56. The van der Waals surface area contributed by atoms with Crippen molar-refractivity contribution in [3.8, 4) is 0 Å². The molecule has 2 aromatic rings. The van der Waals surface area contributed by atoms with Gasteiger partial charge in [-0.2, -0.15) is 0 Å². The number of carbonyl (C=O) groups is 2. The number of benzene rings is 1. The highest BCUT2D eigenvalue weighted by molar-refractivity contribution is 9.10. The molecule has 1 aromatic carbocycles. The van der Waals surface area contributed by atoms with Crippen molar-refractivity contribution in [3.05, 3.63) is 62.9 Å². The Kier molecular flexibility index (Phi) is 6.52. The molecule has 0 fully saturated rings. The van der Waals surface area contributed by atoms with E-state index in [1.807, 2.05) is 13.8 Å². The van der Waals surface area contributed by atoms with E-state index in [2.05, 4.69) is 50.8 Å². The molecule has 25 heavy (non-hydrogen) atoms. The van der Waals surface area contributed by atoms with Crippen LogP contribution in [0.4, 0.5) is 4.79 Å². The fraction of sp³-hybridized carbons (Fsp3) is 0.278. The highest BCUT2D eigenvalue weighted by Gasteiger charge is 2.10. The summed E-state index contributed by atoms with van der Waals surface area (Å²) in [5.41, 5.74) is 9.56. The molecule has 0 bridgehead atoms. The Bertz CT molecular complexity index is 770. The molecule has 1 aromatic heterocycles. The lowest BCUT2D eigenvalue weighted by atomic mass is 9.98. The summed E-state index contributed by atoms with van der Waals surface area (Å²) in [6, 6.07) is 5.81. The number of halogens is 1. The molecule has 0 aliphatic carbocycles. The minimum Gasteiger partial charge on any atom is -0.448 e. The summed E-state index contributed by atoms with van der Waals surface area (Å²) in [5, 5.41) is 0. The molecule has 0 aliphatic heterocycles. The van der Waals surface area contributed by atoms with E-state index in [4.69, 9.17) is 4.74 Å². The maximum absolute atomic E-state index is 11.9. The first-order valence-electron chi connectivity index (χ1n) is 7.77. The Hall–Kier alpha value is -2.41. The van der Waals surface area contributed by atoms with Gasteiger partial charge in [0.05, 0.1) is 12.2 Å². The molecular weight excluding hydrogens is 386 g/mol. The quantitative estimate of drug-likeness (QED) is 0.763. The Labute approximate surface area is 155 Å². The van der Waals surface area contributed by atoms with Crippen molar-refractivity contribution in [3.63, 3.8) is 0 Å². The van der Waals surface area contributed by atoms with Gasteiger partial charge in [-0.1, -0.05) is 17.7 Å². The summed E-state index contributed by atoms with van der Waals surface area (Å²) in [6.07, 6.45) is 2.87. The van der Waals surface area contributed by atoms with Crippen molar-refractivity contribution in [1.29, 1.82) is 0 Å². The van der Waals surface area contributed by atoms with Gasteiger partial charge in [0.15, 0.2) is 0 Å². The number of aryl methyl sites for hydroxylation is 3. The van der Waals surface area contributed by atoms with Gasteiger partial charge < -0.3 is 4.74 Å². The fourth-order valence-electron chi connectivity index (χ4n) is 2.60. The van der Waals surface area contributed by atoms with E-state index in [0.717, 1.165) is 0 Å². The molecule has 0 radical (unpaired) electrons. The second-order valence-electron chi connectivity index (χ2n) is 5.73. The van der Waals surface area contributed by atoms with E-state index < -0.39 is 12.0 Å². The summed E-state index contributed by atoms with van der Waals surface area (Å²) in [7, 11) is 0. The van der Waals surface area contributed by atoms with Crippen molar-refractivity contribution >= 4 is 27.9 Å². The lowest BCUT2D eigenvalue weighted by molar-refractivity contribution is 0.0910. The molecule has 0 saturated heterocycles. The van der Waals surface area contributed by atoms with Crippen molar-refractivity contribution in [2.75, 3.05) is 6.61 Å². The predicted molar refractivity (Wildman–Crippen MR) is 98.2 cm³/mol. The second kappa shape index (κ2) is 8.62. The largest absolute Gasteiger partial charge is 0.448 e. The van der Waals surface area contributed by atoms with Gasteiger partial charge in [0.2, 0.25) is 0 Å². The van der Waals surface area contributed by atoms with E-state index in [9.17, 15) is 9.59 Å². The van der Waals surface area contributed by atoms with Crippen LogP contribution < -0.4 is 10.9 Å². The molecule has 2 rings (SSSR count). The van der Waals surface area contributed by atoms with Crippen LogP contribution in [0.2, 0.25) is 0 Å². The molecular formula is C18H20BrN3O3. The SMILES string of the molecule is Cc1cc(C)c(CCOC(=O)NNC(=O)c2cncc(Br)c2)c(C)c1. The number of amides is 2. The lowest BCUT2D eigenvalue weighted by Gasteiger charge is -2.12. The van der Waals surface area contributed by atoms with Gasteiger partial charge in [-0.3, -0.25) is 15.2 Å². The maximum atomic E-state index is 11.9. The number of hydrogen-bond donors (Lipinski definition) is 2. The number of hydrazine groups is 1. The van der Waals surface area contributed by atoms with Crippen molar-refractivity contribution in [2.45, 2.75) is 27.2 Å². The smallest absolute Gasteiger partial charge is 0.426 e. The van der Waals surface area contributed by atoms with Crippen LogP contribution in [-0.4, -0.2) is 23.6 Å². The number of rotatable bonds is 4. The Morgan fingerprint density at radius 2 is 1.76 bits per heavy atom. The summed E-state index contributed by atoms with van der Waals surface area (Å²) < 4.78 is 5.78. The number of hydrogen-bond acceptors (Lipinski definition) is 4. The number of carbonyl (C=O) groups excluding carboxylic acids is 2. The van der Waals surface area contributed by atoms with Crippen molar-refractivity contribution in [1.82, 2.24) is 15.8 Å². The van der Waals surface area contributed by atoms with E-state index in [1.54, 1.807) is 12.3 Å². The summed E-state index contributed by atoms with van der Waals surface area (Å²) >= 11 is 3.23. The van der Waals surface area contributed by atoms with Crippen molar-refractivity contribution in [2.24, 2.45) is 0 Å². The van der Waals surface area contributed by atoms with Crippen LogP contribution in [0.3, 0.4) is 0 Å². The van der Waals surface area contributed by atoms with Gasteiger partial charge in [0, 0.05) is 23.3 Å². The minimum atomic E-state index is -0.710. The summed E-state index contributed by atoms with van der Waals surface area (Å²) in [6.45, 7) is 6.37. The molecule has 0 spiro atoms. The zero-order valence-corrected chi connectivity index (χ0v) is 15.9. The number of aromatic nitrogens is 1. The summed E-state index contributed by atoms with van der Waals surface area (Å²) in [5.74, 6) is -0.476. The number of ether oxygens (including phenoxy) is 1. The van der Waals surface area contributed by atoms with Gasteiger partial charge in [0.1, 0.15) is 0 Å². The first kappa shape index (κ1) is 18.9. The van der Waals surface area contributed by atoms with E-state index in [0.29, 0.717) is 16.5 Å². The predicted octanol–water partition coefficient (Wildman–Crippen LogP) is 3.38. The highest BCUT2D eigenvalue weighted by Crippen LogP contribution is 2.17. The summed E-state index contributed by atoms with van der Waals surface area (Å²) in [4.78, 5) is 27.4. The Balaban J connectivity index is 1.79. The molecule has 7 heteroatoms. The lowest BCUT2D eigenvalue weighted by Crippen LogP contribution is -2.42. The second-order valence-corrected chi connectivity index (χ2v) is 6.65. The first-order chi connectivity index (χ1) is 11.9. The van der Waals surface area contributed by atoms with Gasteiger partial charge in [-0.25, -0.2) is 10.2 Å². The van der Waals surface area contributed by atoms with Crippen LogP contribution in [0.1, 0.15) is 32.6 Å². The van der Waals surface area contributed by atoms with Gasteiger partial charge in [0.25, 0.3) is 5.91 Å². The Morgan fingerprint density at radius 3 is 2.40 bits per heavy atom. The highest BCUT2D eigenvalue weighted by atomic mass is 79.9. The van der Waals surface area contributed by atoms with Gasteiger partial charge in [-0.15, -0.1) is 0 Å². The van der Waals surface area contributed by atoms with Crippen LogP contribution in [0, 0.1) is 20.8 Å². The molecule has 2 N–H and O–H groups in total. The Morgan fingerprint density at radius 1 is 1.08 bits per heavy atom. The van der Waals surface area contributed by atoms with Gasteiger partial charge >= 0.3 is 6.09 Å². The molecule has 132 valence electrons. The zero-order chi connectivity index (χ0) is 18.4. The van der Waals surface area contributed by atoms with Crippen LogP contribution in [-0.2, 0) is 11.2 Å². The van der Waals surface area contributed by atoms with E-state index in [-0.39, 0.29) is 6.61 Å². The standard InChI is InChI=1S/C18H20BrN3O3/c1-11-6-12(2)16(13(3)7-11)4-5-25-18(24)22-21-17(23)14-8-15(19)10-20-9-14/h6-10H,4-5H2,1-3H3,(H,21,23)(H,22,24). The van der Waals surface area contributed by atoms with E-state index in [1.165, 1.54) is 28.5 Å². The molecule has 0 saturated carbocycles. The molecule has 2 amide bonds. The molecule has 0 unspecified atom stereocenters. The number of pyridine rings is 1. The monoisotopic (exact) mass is 405 g/mol. The van der Waals surface area contributed by atoms with Crippen molar-refractivity contribution < 1.29 is 14.3 Å². The molecule has 0 aliphatic rings. The fourth-order valence-corrected chi connectivity index (χ4v) is 2.97. The third-order valence-corrected chi connectivity index (χ3v) is 4.10. The maximum Gasteiger partial charge on any atom is 0.426 e. The minimum absolute atomic E-state index is 0.227.